The third-order valence-electron chi connectivity index (χ3n) is 11.7. The molecule has 4 saturated carbocycles. The zero-order chi connectivity index (χ0) is 25.7. The maximum atomic E-state index is 12.6. The van der Waals surface area contributed by atoms with E-state index in [-0.39, 0.29) is 41.0 Å². The fraction of sp³-hybridized carbons (Fsp3) is 0.774. The van der Waals surface area contributed by atoms with E-state index in [2.05, 4.69) is 26.1 Å². The van der Waals surface area contributed by atoms with Crippen molar-refractivity contribution in [3.8, 4) is 0 Å². The van der Waals surface area contributed by atoms with E-state index in [4.69, 9.17) is 0 Å². The molecule has 1 aromatic rings. The summed E-state index contributed by atoms with van der Waals surface area (Å²) in [6, 6.07) is 10.0. The number of fused-ring (bicyclic) bond motifs is 5. The number of amides is 1. The zero-order valence-corrected chi connectivity index (χ0v) is 22.4. The van der Waals surface area contributed by atoms with Crippen LogP contribution in [-0.2, 0) is 11.3 Å². The van der Waals surface area contributed by atoms with E-state index < -0.39 is 0 Å². The van der Waals surface area contributed by atoms with Gasteiger partial charge in [0.25, 0.3) is 0 Å². The number of aliphatic hydroxyl groups excluding tert-OH is 3. The Kier molecular flexibility index (Phi) is 7.30. The Bertz CT molecular complexity index is 922. The summed E-state index contributed by atoms with van der Waals surface area (Å²) in [6.45, 7) is 7.49. The third kappa shape index (κ3) is 4.43. The van der Waals surface area contributed by atoms with Crippen LogP contribution in [0.1, 0.15) is 84.1 Å². The van der Waals surface area contributed by atoms with Gasteiger partial charge < -0.3 is 20.6 Å². The van der Waals surface area contributed by atoms with Crippen molar-refractivity contribution in [1.29, 1.82) is 0 Å². The van der Waals surface area contributed by atoms with Crippen LogP contribution >= 0.6 is 0 Å². The van der Waals surface area contributed by atoms with Crippen LogP contribution in [0.15, 0.2) is 30.3 Å². The molecule has 36 heavy (non-hydrogen) atoms. The Morgan fingerprint density at radius 2 is 1.78 bits per heavy atom. The summed E-state index contributed by atoms with van der Waals surface area (Å²) in [5.41, 5.74) is 1.00. The van der Waals surface area contributed by atoms with Gasteiger partial charge in [-0.05, 0) is 103 Å². The van der Waals surface area contributed by atoms with Gasteiger partial charge in [-0.1, -0.05) is 51.1 Å². The van der Waals surface area contributed by atoms with Gasteiger partial charge in [0.2, 0.25) is 5.91 Å². The van der Waals surface area contributed by atoms with Gasteiger partial charge in [-0.25, -0.2) is 0 Å². The lowest BCUT2D eigenvalue weighted by molar-refractivity contribution is -0.207. The smallest absolute Gasteiger partial charge is 0.220 e. The quantitative estimate of drug-likeness (QED) is 0.459. The summed E-state index contributed by atoms with van der Waals surface area (Å²) in [6.07, 6.45) is 6.70. The van der Waals surface area contributed by atoms with Gasteiger partial charge in [-0.15, -0.1) is 0 Å². The van der Waals surface area contributed by atoms with Crippen LogP contribution in [0.4, 0.5) is 0 Å². The van der Waals surface area contributed by atoms with Gasteiger partial charge in [0, 0.05) is 13.0 Å². The molecular formula is C31H47NO4. The highest BCUT2D eigenvalue weighted by atomic mass is 16.3. The molecular weight excluding hydrogens is 450 g/mol. The zero-order valence-electron chi connectivity index (χ0n) is 22.4. The normalized spacial score (nSPS) is 44.7. The summed E-state index contributed by atoms with van der Waals surface area (Å²) in [5.74, 6) is 2.04. The van der Waals surface area contributed by atoms with Crippen LogP contribution in [0.2, 0.25) is 0 Å². The maximum absolute atomic E-state index is 12.6. The van der Waals surface area contributed by atoms with Crippen molar-refractivity contribution in [3.63, 3.8) is 0 Å². The first-order valence-corrected chi connectivity index (χ1v) is 14.5. The first-order chi connectivity index (χ1) is 17.1. The largest absolute Gasteiger partial charge is 0.393 e. The predicted octanol–water partition coefficient (Wildman–Crippen LogP) is 4.68. The fourth-order valence-corrected chi connectivity index (χ4v) is 9.58. The van der Waals surface area contributed by atoms with Crippen LogP contribution in [-0.4, -0.2) is 39.5 Å². The Morgan fingerprint density at radius 1 is 1.03 bits per heavy atom. The molecule has 0 saturated heterocycles. The van der Waals surface area contributed by atoms with Crippen LogP contribution in [0.25, 0.3) is 0 Å². The minimum atomic E-state index is -0.375. The number of benzene rings is 1. The van der Waals surface area contributed by atoms with E-state index in [0.29, 0.717) is 42.6 Å². The van der Waals surface area contributed by atoms with Gasteiger partial charge in [0.15, 0.2) is 0 Å². The first kappa shape index (κ1) is 26.2. The van der Waals surface area contributed by atoms with Crippen molar-refractivity contribution >= 4 is 5.91 Å². The first-order valence-electron chi connectivity index (χ1n) is 14.5. The molecule has 200 valence electrons. The molecule has 0 heterocycles. The summed E-state index contributed by atoms with van der Waals surface area (Å²) in [7, 11) is 0. The Labute approximate surface area is 217 Å². The Hall–Kier alpha value is -1.43. The van der Waals surface area contributed by atoms with E-state index in [9.17, 15) is 20.1 Å². The van der Waals surface area contributed by atoms with Crippen molar-refractivity contribution in [1.82, 2.24) is 5.32 Å². The van der Waals surface area contributed by atoms with Crippen molar-refractivity contribution in [2.24, 2.45) is 46.3 Å². The van der Waals surface area contributed by atoms with Crippen LogP contribution in [0.3, 0.4) is 0 Å². The molecule has 5 heteroatoms. The molecule has 5 rings (SSSR count). The standard InChI is InChI=1S/C31H47NO4/c1-19(9-12-28(36)32-18-20-7-5-4-6-8-20)23-10-11-24-29-25(17-27(35)31(23,24)3)30(2)14-13-22(33)15-21(30)16-26(29)34/h4-8,19,21-27,29,33-35H,9-18H2,1-3H3,(H,32,36)/t19-,21-,22-,23+,24-,25-,26-,27+,29+,30+,31-/m1/s1. The molecule has 4 aliphatic rings. The Morgan fingerprint density at radius 3 is 2.53 bits per heavy atom. The number of hydrogen-bond donors (Lipinski definition) is 4. The van der Waals surface area contributed by atoms with E-state index in [1.165, 1.54) is 0 Å². The van der Waals surface area contributed by atoms with Crippen molar-refractivity contribution in [2.75, 3.05) is 0 Å². The monoisotopic (exact) mass is 497 g/mol. The fourth-order valence-electron chi connectivity index (χ4n) is 9.58. The lowest BCUT2D eigenvalue weighted by Gasteiger charge is -2.63. The molecule has 4 aliphatic carbocycles. The van der Waals surface area contributed by atoms with Crippen molar-refractivity contribution in [2.45, 2.75) is 103 Å². The van der Waals surface area contributed by atoms with E-state index in [1.54, 1.807) is 0 Å². The molecule has 4 N–H and O–H groups in total. The highest BCUT2D eigenvalue weighted by Gasteiger charge is 2.65. The topological polar surface area (TPSA) is 89.8 Å². The minimum Gasteiger partial charge on any atom is -0.393 e. The molecule has 11 atom stereocenters. The maximum Gasteiger partial charge on any atom is 0.220 e. The van der Waals surface area contributed by atoms with Crippen LogP contribution < -0.4 is 5.32 Å². The van der Waals surface area contributed by atoms with E-state index in [0.717, 1.165) is 56.9 Å². The highest BCUT2D eigenvalue weighted by molar-refractivity contribution is 5.75. The molecule has 0 aliphatic heterocycles. The van der Waals surface area contributed by atoms with Gasteiger partial charge in [0.1, 0.15) is 0 Å². The number of hydrogen-bond acceptors (Lipinski definition) is 4. The molecule has 4 fully saturated rings. The van der Waals surface area contributed by atoms with Gasteiger partial charge >= 0.3 is 0 Å². The molecule has 0 bridgehead atoms. The van der Waals surface area contributed by atoms with Gasteiger partial charge in [-0.3, -0.25) is 4.79 Å². The second-order valence-corrected chi connectivity index (χ2v) is 13.3. The SMILES string of the molecule is C[C@H](CCC(=O)NCc1ccccc1)[C@@H]1CC[C@@H]2[C@@H]3[C@H](O)C[C@H]4C[C@H](O)CC[C@]4(C)[C@@H]3C[C@H](O)[C@@]21C. The number of nitrogens with one attached hydrogen (secondary N) is 1. The third-order valence-corrected chi connectivity index (χ3v) is 11.7. The molecule has 0 aromatic heterocycles. The molecule has 1 aromatic carbocycles. The van der Waals surface area contributed by atoms with Crippen LogP contribution in [0, 0.1) is 46.3 Å². The summed E-state index contributed by atoms with van der Waals surface area (Å²) in [4.78, 5) is 12.6. The van der Waals surface area contributed by atoms with Gasteiger partial charge in [0.05, 0.1) is 18.3 Å². The predicted molar refractivity (Wildman–Crippen MR) is 141 cm³/mol. The molecule has 0 unspecified atom stereocenters. The van der Waals surface area contributed by atoms with E-state index >= 15 is 0 Å². The number of carbonyl (C=O) groups is 1. The molecule has 0 spiro atoms. The second-order valence-electron chi connectivity index (χ2n) is 13.3. The molecule has 1 amide bonds. The average molecular weight is 498 g/mol. The number of aliphatic hydroxyl groups is 3. The number of carbonyl (C=O) groups excluding carboxylic acids is 1. The average Bonchev–Trinajstić information content (AvgIpc) is 3.22. The molecule has 5 nitrogen and oxygen atoms in total. The Balaban J connectivity index is 1.25. The molecule has 0 radical (unpaired) electrons. The lowest BCUT2D eigenvalue weighted by atomic mass is 9.43. The number of rotatable bonds is 6. The lowest BCUT2D eigenvalue weighted by Crippen LogP contribution is -2.62. The highest BCUT2D eigenvalue weighted by Crippen LogP contribution is 2.68. The summed E-state index contributed by atoms with van der Waals surface area (Å²) >= 11 is 0. The second kappa shape index (κ2) is 10.0. The minimum absolute atomic E-state index is 0.0933. The summed E-state index contributed by atoms with van der Waals surface area (Å²) < 4.78 is 0. The van der Waals surface area contributed by atoms with Crippen LogP contribution in [0.5, 0.6) is 0 Å². The van der Waals surface area contributed by atoms with Crippen molar-refractivity contribution in [3.05, 3.63) is 35.9 Å². The van der Waals surface area contributed by atoms with E-state index in [1.807, 2.05) is 30.3 Å². The summed E-state index contributed by atoms with van der Waals surface area (Å²) in [5, 5.41) is 36.5. The van der Waals surface area contributed by atoms with Gasteiger partial charge in [-0.2, -0.15) is 0 Å². The van der Waals surface area contributed by atoms with Crippen molar-refractivity contribution < 1.29 is 20.1 Å².